The van der Waals surface area contributed by atoms with Gasteiger partial charge in [-0.05, 0) is 30.5 Å². The van der Waals surface area contributed by atoms with Crippen LogP contribution in [0, 0.1) is 0 Å². The van der Waals surface area contributed by atoms with Crippen LogP contribution in [0.15, 0.2) is 36.7 Å². The van der Waals surface area contributed by atoms with E-state index in [1.165, 1.54) is 10.9 Å². The summed E-state index contributed by atoms with van der Waals surface area (Å²) in [7, 11) is 1.70. The lowest BCUT2D eigenvalue weighted by Gasteiger charge is -2.17. The van der Waals surface area contributed by atoms with Gasteiger partial charge < -0.3 is 15.5 Å². The summed E-state index contributed by atoms with van der Waals surface area (Å²) in [6.45, 7) is 0.578. The van der Waals surface area contributed by atoms with Gasteiger partial charge in [0.2, 0.25) is 5.91 Å². The molecule has 2 N–H and O–H groups in total. The van der Waals surface area contributed by atoms with Gasteiger partial charge in [0.25, 0.3) is 0 Å². The molecule has 0 bridgehead atoms. The molecule has 1 aliphatic carbocycles. The van der Waals surface area contributed by atoms with Crippen LogP contribution in [0.5, 0.6) is 0 Å². The van der Waals surface area contributed by atoms with E-state index in [4.69, 9.17) is 11.6 Å². The summed E-state index contributed by atoms with van der Waals surface area (Å²) >= 11 is 5.95. The maximum atomic E-state index is 12.3. The number of hydrogen-bond donors (Lipinski definition) is 2. The summed E-state index contributed by atoms with van der Waals surface area (Å²) in [5.41, 5.74) is 1.49. The molecule has 3 rings (SSSR count). The van der Waals surface area contributed by atoms with Crippen molar-refractivity contribution in [1.29, 1.82) is 0 Å². The summed E-state index contributed by atoms with van der Waals surface area (Å²) in [5.74, 6) is -0.0680. The largest absolute Gasteiger partial charge is 0.352 e. The second-order valence-electron chi connectivity index (χ2n) is 6.18. The number of urea groups is 1. The molecule has 0 unspecified atom stereocenters. The quantitative estimate of drug-likeness (QED) is 0.829. The van der Waals surface area contributed by atoms with Crippen LogP contribution in [0.2, 0.25) is 5.02 Å². The van der Waals surface area contributed by atoms with Crippen LogP contribution in [-0.2, 0) is 17.9 Å². The minimum atomic E-state index is -0.262. The van der Waals surface area contributed by atoms with Gasteiger partial charge in [0.05, 0.1) is 11.9 Å². The number of aromatic nitrogens is 2. The molecular weight excluding hydrogens is 342 g/mol. The molecule has 7 nitrogen and oxygen atoms in total. The molecule has 132 valence electrons. The fraction of sp³-hybridized carbons (Fsp3) is 0.353. The van der Waals surface area contributed by atoms with Crippen molar-refractivity contribution in [3.05, 3.63) is 47.2 Å². The third-order valence-electron chi connectivity index (χ3n) is 3.79. The Balaban J connectivity index is 1.50. The van der Waals surface area contributed by atoms with Gasteiger partial charge in [-0.3, -0.25) is 9.48 Å². The predicted molar refractivity (Wildman–Crippen MR) is 95.3 cm³/mol. The maximum absolute atomic E-state index is 12.3. The van der Waals surface area contributed by atoms with Crippen molar-refractivity contribution in [2.45, 2.75) is 32.0 Å². The Bertz CT molecular complexity index is 772. The van der Waals surface area contributed by atoms with Crippen molar-refractivity contribution in [1.82, 2.24) is 20.0 Å². The fourth-order valence-corrected chi connectivity index (χ4v) is 2.58. The van der Waals surface area contributed by atoms with Crippen molar-refractivity contribution in [3.63, 3.8) is 0 Å². The first-order chi connectivity index (χ1) is 12.0. The lowest BCUT2D eigenvalue weighted by molar-refractivity contribution is -0.122. The number of carbonyl (C=O) groups is 2. The molecule has 0 saturated heterocycles. The molecule has 0 spiro atoms. The zero-order chi connectivity index (χ0) is 17.8. The molecule has 25 heavy (non-hydrogen) atoms. The molecule has 1 saturated carbocycles. The molecule has 3 amide bonds. The molecule has 1 aromatic carbocycles. The molecule has 0 radical (unpaired) electrons. The van der Waals surface area contributed by atoms with Crippen LogP contribution in [0.25, 0.3) is 0 Å². The smallest absolute Gasteiger partial charge is 0.321 e. The summed E-state index contributed by atoms with van der Waals surface area (Å²) < 4.78 is 1.50. The predicted octanol–water partition coefficient (Wildman–Crippen LogP) is 2.48. The van der Waals surface area contributed by atoms with E-state index in [1.54, 1.807) is 24.2 Å². The van der Waals surface area contributed by atoms with Crippen LogP contribution >= 0.6 is 11.6 Å². The van der Waals surface area contributed by atoms with Crippen molar-refractivity contribution >= 4 is 29.2 Å². The highest BCUT2D eigenvalue weighted by Crippen LogP contribution is 2.18. The van der Waals surface area contributed by atoms with Gasteiger partial charge in [-0.1, -0.05) is 23.7 Å². The number of rotatable bonds is 6. The minimum Gasteiger partial charge on any atom is -0.352 e. The van der Waals surface area contributed by atoms with E-state index in [0.29, 0.717) is 23.3 Å². The highest BCUT2D eigenvalue weighted by Gasteiger charge is 2.23. The number of nitrogens with zero attached hydrogens (tertiary/aromatic N) is 3. The standard InChI is InChI=1S/C17H20ClN5O2/c1-22(9-12-3-2-4-13(18)7-12)17(25)21-15-8-19-23(10-15)11-16(24)20-14-5-6-14/h2-4,7-8,10,14H,5-6,9,11H2,1H3,(H,20,24)(H,21,25). The van der Waals surface area contributed by atoms with E-state index in [9.17, 15) is 9.59 Å². The topological polar surface area (TPSA) is 79.3 Å². The second-order valence-corrected chi connectivity index (χ2v) is 6.62. The molecular formula is C17H20ClN5O2. The Morgan fingerprint density at radius 3 is 2.92 bits per heavy atom. The fourth-order valence-electron chi connectivity index (χ4n) is 2.36. The minimum absolute atomic E-state index is 0.0680. The molecule has 1 fully saturated rings. The number of halogens is 1. The van der Waals surface area contributed by atoms with Crippen molar-refractivity contribution in [2.75, 3.05) is 12.4 Å². The number of benzene rings is 1. The first-order valence-electron chi connectivity index (χ1n) is 8.08. The average Bonchev–Trinajstić information content (AvgIpc) is 3.25. The second kappa shape index (κ2) is 7.57. The summed E-state index contributed by atoms with van der Waals surface area (Å²) in [6, 6.07) is 7.43. The molecule has 0 atom stereocenters. The van der Waals surface area contributed by atoms with Gasteiger partial charge in [-0.2, -0.15) is 5.10 Å². The van der Waals surface area contributed by atoms with Crippen LogP contribution in [0.4, 0.5) is 10.5 Å². The molecule has 1 aromatic heterocycles. The molecule has 8 heteroatoms. The lowest BCUT2D eigenvalue weighted by atomic mass is 10.2. The van der Waals surface area contributed by atoms with E-state index >= 15 is 0 Å². The monoisotopic (exact) mass is 361 g/mol. The SMILES string of the molecule is CN(Cc1cccc(Cl)c1)C(=O)Nc1cnn(CC(=O)NC2CC2)c1. The first kappa shape index (κ1) is 17.3. The Hall–Kier alpha value is -2.54. The number of anilines is 1. The van der Waals surface area contributed by atoms with Gasteiger partial charge in [0.1, 0.15) is 6.54 Å². The summed E-state index contributed by atoms with van der Waals surface area (Å²) in [4.78, 5) is 25.6. The van der Waals surface area contributed by atoms with Gasteiger partial charge >= 0.3 is 6.03 Å². The van der Waals surface area contributed by atoms with Gasteiger partial charge in [0.15, 0.2) is 0 Å². The summed E-state index contributed by atoms with van der Waals surface area (Å²) in [6.07, 6.45) is 5.25. The third-order valence-corrected chi connectivity index (χ3v) is 4.02. The molecule has 1 heterocycles. The van der Waals surface area contributed by atoms with Crippen LogP contribution in [0.1, 0.15) is 18.4 Å². The van der Waals surface area contributed by atoms with Crippen molar-refractivity contribution in [2.24, 2.45) is 0 Å². The lowest BCUT2D eigenvalue weighted by Crippen LogP contribution is -2.30. The number of hydrogen-bond acceptors (Lipinski definition) is 3. The third kappa shape index (κ3) is 5.22. The highest BCUT2D eigenvalue weighted by molar-refractivity contribution is 6.30. The Kier molecular flexibility index (Phi) is 5.23. The highest BCUT2D eigenvalue weighted by atomic mass is 35.5. The number of amides is 3. The van der Waals surface area contributed by atoms with E-state index in [-0.39, 0.29) is 18.5 Å². The van der Waals surface area contributed by atoms with E-state index in [1.807, 2.05) is 18.2 Å². The summed E-state index contributed by atoms with van der Waals surface area (Å²) in [5, 5.41) is 10.4. The molecule has 2 aromatic rings. The zero-order valence-electron chi connectivity index (χ0n) is 13.9. The van der Waals surface area contributed by atoms with Crippen LogP contribution < -0.4 is 10.6 Å². The van der Waals surface area contributed by atoms with Gasteiger partial charge in [-0.25, -0.2) is 4.79 Å². The zero-order valence-corrected chi connectivity index (χ0v) is 14.7. The molecule has 1 aliphatic rings. The van der Waals surface area contributed by atoms with Gasteiger partial charge in [-0.15, -0.1) is 0 Å². The average molecular weight is 362 g/mol. The van der Waals surface area contributed by atoms with E-state index < -0.39 is 0 Å². The van der Waals surface area contributed by atoms with Gasteiger partial charge in [0, 0.05) is 30.9 Å². The number of carbonyl (C=O) groups excluding carboxylic acids is 2. The Morgan fingerprint density at radius 2 is 2.20 bits per heavy atom. The Morgan fingerprint density at radius 1 is 1.40 bits per heavy atom. The van der Waals surface area contributed by atoms with Crippen molar-refractivity contribution < 1.29 is 9.59 Å². The number of nitrogens with one attached hydrogen (secondary N) is 2. The van der Waals surface area contributed by atoms with Crippen LogP contribution in [0.3, 0.4) is 0 Å². The Labute approximate surface area is 150 Å². The maximum Gasteiger partial charge on any atom is 0.321 e. The normalized spacial score (nSPS) is 13.4. The van der Waals surface area contributed by atoms with Crippen molar-refractivity contribution in [3.8, 4) is 0 Å². The van der Waals surface area contributed by atoms with E-state index in [2.05, 4.69) is 15.7 Å². The molecule has 0 aliphatic heterocycles. The van der Waals surface area contributed by atoms with E-state index in [0.717, 1.165) is 18.4 Å². The first-order valence-corrected chi connectivity index (χ1v) is 8.46. The van der Waals surface area contributed by atoms with Crippen LogP contribution in [-0.4, -0.2) is 39.7 Å².